The Morgan fingerprint density at radius 3 is 1.06 bits per heavy atom. The van der Waals surface area contributed by atoms with E-state index in [2.05, 4.69) is 27.1 Å². The summed E-state index contributed by atoms with van der Waals surface area (Å²) in [4.78, 5) is 85.4. The van der Waals surface area contributed by atoms with Crippen LogP contribution in [0.2, 0.25) is 0 Å². The SMILES string of the molecule is C=CC1=C(C(=O)OCC)C2CN(C(=O)OC(C)(C)C)CC(C1)N2C.C=CC1=C(C(=O)OCC)C2CN(C(=O)OC(C)(C)C)CC(C1)N2C.CCOC(=O)C1=C(OS(=O)(=O)C(F)(F)F)CC2CN(C(=O)OC(C)(C)C)CC1N2C. The molecule has 6 atom stereocenters. The first kappa shape index (κ1) is 64.9. The Labute approximate surface area is 457 Å². The van der Waals surface area contributed by atoms with Crippen molar-refractivity contribution in [2.45, 2.75) is 161 Å². The number of alkyl halides is 3. The highest BCUT2D eigenvalue weighted by molar-refractivity contribution is 7.87. The summed E-state index contributed by atoms with van der Waals surface area (Å²) in [5.74, 6) is -2.28. The molecule has 21 nitrogen and oxygen atoms in total. The molecule has 3 fully saturated rings. The number of amides is 3. The van der Waals surface area contributed by atoms with Gasteiger partial charge in [-0.05, 0) is 128 Å². The number of hydrogen-bond donors (Lipinski definition) is 0. The molecule has 78 heavy (non-hydrogen) atoms. The minimum atomic E-state index is -5.97. The first-order valence-corrected chi connectivity index (χ1v) is 27.4. The highest BCUT2D eigenvalue weighted by Gasteiger charge is 2.53. The number of halogens is 3. The van der Waals surface area contributed by atoms with Crippen LogP contribution >= 0.6 is 0 Å². The molecule has 3 saturated heterocycles. The number of fused-ring (bicyclic) bond motifs is 6. The molecule has 6 aliphatic rings. The zero-order chi connectivity index (χ0) is 59.2. The summed E-state index contributed by atoms with van der Waals surface area (Å²) in [7, 11) is -0.375. The molecule has 6 rings (SSSR count). The Hall–Kier alpha value is -5.66. The quantitative estimate of drug-likeness (QED) is 0.0961. The number of allylic oxidation sites excluding steroid dienone is 2. The summed E-state index contributed by atoms with van der Waals surface area (Å²) in [5.41, 5.74) is -4.81. The summed E-state index contributed by atoms with van der Waals surface area (Å²) in [5, 5.41) is 0. The Kier molecular flexibility index (Phi) is 21.3. The van der Waals surface area contributed by atoms with Gasteiger partial charge in [0, 0.05) is 63.8 Å². The van der Waals surface area contributed by atoms with Crippen LogP contribution in [0.15, 0.2) is 58.9 Å². The van der Waals surface area contributed by atoms with E-state index in [1.54, 1.807) is 68.5 Å². The van der Waals surface area contributed by atoms with Crippen LogP contribution in [0.25, 0.3) is 0 Å². The Balaban J connectivity index is 0.000000255. The standard InChI is InChI=1S/2C18H28N2O4.C17H25F3N2O7S/c2*1-7-12-9-13-10-20(17(22)24-18(3,4)5)11-14(19(13)6)15(12)16(21)23-8-2;1-6-27-14(23)13-11-9-22(15(24)28-16(2,3)4)8-10(21(11)5)7-12(13)29-30(25,26)17(18,19)20/h2*7,13-14H,1,8-11H2,2-6H3;10-11H,6-9H2,1-5H3. The highest BCUT2D eigenvalue weighted by Crippen LogP contribution is 2.39. The minimum absolute atomic E-state index is 0.0525. The van der Waals surface area contributed by atoms with Gasteiger partial charge in [-0.25, -0.2) is 28.8 Å². The molecule has 25 heteroatoms. The van der Waals surface area contributed by atoms with Crippen LogP contribution in [0.1, 0.15) is 102 Å². The first-order valence-electron chi connectivity index (χ1n) is 26.0. The van der Waals surface area contributed by atoms with Crippen LogP contribution in [0, 0.1) is 0 Å². The molecule has 0 saturated carbocycles. The molecular weight excluding hydrogens is 1050 g/mol. The van der Waals surface area contributed by atoms with Crippen LogP contribution in [0.5, 0.6) is 0 Å². The van der Waals surface area contributed by atoms with Gasteiger partial charge in [0.05, 0.1) is 54.7 Å². The number of likely N-dealkylation sites (N-methyl/N-ethyl adjacent to an activating group) is 3. The number of carbonyl (C=O) groups excluding carboxylic acids is 6. The number of esters is 3. The normalized spacial score (nSPS) is 24.1. The van der Waals surface area contributed by atoms with Crippen molar-refractivity contribution in [1.82, 2.24) is 29.4 Å². The third-order valence-corrected chi connectivity index (χ3v) is 14.4. The van der Waals surface area contributed by atoms with Gasteiger partial charge in [-0.2, -0.15) is 21.6 Å². The summed E-state index contributed by atoms with van der Waals surface area (Å²) < 4.78 is 97.6. The fourth-order valence-electron chi connectivity index (χ4n) is 9.81. The Morgan fingerprint density at radius 1 is 0.513 bits per heavy atom. The van der Waals surface area contributed by atoms with Crippen LogP contribution in [0.4, 0.5) is 27.6 Å². The summed E-state index contributed by atoms with van der Waals surface area (Å²) in [6.07, 6.45) is 3.15. The average molecular weight is 1130 g/mol. The molecule has 6 unspecified atom stereocenters. The maximum atomic E-state index is 12.8. The smallest absolute Gasteiger partial charge is 0.463 e. The van der Waals surface area contributed by atoms with Gasteiger partial charge in [0.2, 0.25) is 0 Å². The maximum Gasteiger partial charge on any atom is 0.534 e. The lowest BCUT2D eigenvalue weighted by atomic mass is 9.85. The lowest BCUT2D eigenvalue weighted by Gasteiger charge is -2.48. The zero-order valence-corrected chi connectivity index (χ0v) is 48.7. The second-order valence-electron chi connectivity index (χ2n) is 22.5. The second-order valence-corrected chi connectivity index (χ2v) is 24.1. The number of rotatable bonds is 10. The Morgan fingerprint density at radius 2 is 0.795 bits per heavy atom. The van der Waals surface area contributed by atoms with Gasteiger partial charge < -0.3 is 47.3 Å². The lowest BCUT2D eigenvalue weighted by molar-refractivity contribution is -0.141. The molecule has 440 valence electrons. The third kappa shape index (κ3) is 16.2. The van der Waals surface area contributed by atoms with Crippen molar-refractivity contribution in [2.75, 3.05) is 80.2 Å². The van der Waals surface area contributed by atoms with E-state index in [4.69, 9.17) is 28.4 Å². The number of hydrogen-bond acceptors (Lipinski definition) is 18. The summed E-state index contributed by atoms with van der Waals surface area (Å²) in [6, 6.07) is -1.63. The van der Waals surface area contributed by atoms with Crippen molar-refractivity contribution in [3.05, 3.63) is 58.9 Å². The zero-order valence-electron chi connectivity index (χ0n) is 47.9. The van der Waals surface area contributed by atoms with E-state index in [0.717, 1.165) is 11.1 Å². The number of piperazine rings is 3. The largest absolute Gasteiger partial charge is 0.534 e. The predicted molar refractivity (Wildman–Crippen MR) is 281 cm³/mol. The molecule has 3 amide bonds. The van der Waals surface area contributed by atoms with Gasteiger partial charge in [0.15, 0.2) is 0 Å². The van der Waals surface area contributed by atoms with Crippen molar-refractivity contribution >= 4 is 46.3 Å². The summed E-state index contributed by atoms with van der Waals surface area (Å²) >= 11 is 0. The van der Waals surface area contributed by atoms with Gasteiger partial charge in [-0.15, -0.1) is 0 Å². The molecule has 6 aliphatic heterocycles. The maximum absolute atomic E-state index is 12.8. The van der Waals surface area contributed by atoms with Crippen LogP contribution < -0.4 is 0 Å². The van der Waals surface area contributed by atoms with Gasteiger partial charge in [-0.3, -0.25) is 14.7 Å². The molecule has 0 aromatic heterocycles. The molecule has 0 aromatic rings. The molecule has 0 spiro atoms. The van der Waals surface area contributed by atoms with E-state index in [0.29, 0.717) is 63.4 Å². The monoisotopic (exact) mass is 1130 g/mol. The van der Waals surface area contributed by atoms with E-state index in [1.165, 1.54) is 11.8 Å². The van der Waals surface area contributed by atoms with Crippen LogP contribution in [0.3, 0.4) is 0 Å². The molecule has 0 aliphatic carbocycles. The molecule has 0 N–H and O–H groups in total. The molecule has 6 bridgehead atoms. The number of carbonyl (C=O) groups is 6. The van der Waals surface area contributed by atoms with Gasteiger partial charge in [0.1, 0.15) is 22.6 Å². The van der Waals surface area contributed by atoms with Crippen molar-refractivity contribution in [2.24, 2.45) is 0 Å². The second kappa shape index (κ2) is 25.6. The van der Waals surface area contributed by atoms with Crippen molar-refractivity contribution in [3.8, 4) is 0 Å². The molecule has 6 heterocycles. The van der Waals surface area contributed by atoms with Crippen molar-refractivity contribution in [1.29, 1.82) is 0 Å². The van der Waals surface area contributed by atoms with Crippen molar-refractivity contribution < 1.29 is 83.0 Å². The third-order valence-electron chi connectivity index (χ3n) is 13.4. The Bertz CT molecular complexity index is 2390. The van der Waals surface area contributed by atoms with E-state index in [-0.39, 0.29) is 80.0 Å². The fraction of sp³-hybridized carbons (Fsp3) is 0.698. The van der Waals surface area contributed by atoms with E-state index >= 15 is 0 Å². The molecule has 0 radical (unpaired) electrons. The van der Waals surface area contributed by atoms with E-state index < -0.39 is 62.3 Å². The van der Waals surface area contributed by atoms with Gasteiger partial charge in [0.25, 0.3) is 0 Å². The first-order chi connectivity index (χ1) is 35.9. The summed E-state index contributed by atoms with van der Waals surface area (Å²) in [6.45, 7) is 31.4. The minimum Gasteiger partial charge on any atom is -0.463 e. The lowest BCUT2D eigenvalue weighted by Crippen LogP contribution is -2.62. The predicted octanol–water partition coefficient (Wildman–Crippen LogP) is 6.70. The van der Waals surface area contributed by atoms with E-state index in [9.17, 15) is 50.4 Å². The molecular formula is C53H81F3N6O15S. The van der Waals surface area contributed by atoms with E-state index in [1.807, 2.05) is 55.6 Å². The number of nitrogens with zero attached hydrogens (tertiary/aromatic N) is 6. The van der Waals surface area contributed by atoms with Crippen molar-refractivity contribution in [3.63, 3.8) is 0 Å². The highest BCUT2D eigenvalue weighted by atomic mass is 32.2. The molecule has 0 aromatic carbocycles. The number of ether oxygens (including phenoxy) is 6. The van der Waals surface area contributed by atoms with Gasteiger partial charge >= 0.3 is 51.8 Å². The van der Waals surface area contributed by atoms with Gasteiger partial charge in [-0.1, -0.05) is 25.3 Å². The topological polar surface area (TPSA) is 221 Å². The van der Waals surface area contributed by atoms with Crippen LogP contribution in [-0.4, -0.2) is 213 Å². The van der Waals surface area contributed by atoms with Crippen LogP contribution in [-0.2, 0) is 57.1 Å². The average Bonchev–Trinajstić information content (AvgIpc) is 3.27. The fourth-order valence-corrected chi connectivity index (χ4v) is 10.3.